The molecule has 0 atom stereocenters. The molecule has 3 N–H and O–H groups in total. The van der Waals surface area contributed by atoms with Gasteiger partial charge in [0.15, 0.2) is 0 Å². The van der Waals surface area contributed by atoms with Gasteiger partial charge in [-0.25, -0.2) is 24.1 Å². The van der Waals surface area contributed by atoms with Crippen LogP contribution in [-0.4, -0.2) is 40.6 Å². The Morgan fingerprint density at radius 1 is 0.593 bits per heavy atom. The van der Waals surface area contributed by atoms with Crippen molar-refractivity contribution in [2.24, 2.45) is 0 Å². The lowest BCUT2D eigenvalue weighted by Gasteiger charge is -2.22. The van der Waals surface area contributed by atoms with Crippen molar-refractivity contribution in [2.45, 2.75) is 19.8 Å². The summed E-state index contributed by atoms with van der Waals surface area (Å²) in [6.45, 7) is 3.74. The lowest BCUT2D eigenvalue weighted by molar-refractivity contribution is 0.0697. The molecule has 54 heavy (non-hydrogen) atoms. The first-order chi connectivity index (χ1) is 25.8. The molecule has 0 radical (unpaired) electrons. The van der Waals surface area contributed by atoms with Gasteiger partial charge >= 0.3 is 5.97 Å². The number of rotatable bonds is 10. The van der Waals surface area contributed by atoms with Crippen LogP contribution in [0.15, 0.2) is 97.1 Å². The molecule has 4 heterocycles. The van der Waals surface area contributed by atoms with E-state index in [9.17, 15) is 9.90 Å². The molecule has 0 fully saturated rings. The summed E-state index contributed by atoms with van der Waals surface area (Å²) in [4.78, 5) is 21.1. The Kier molecular flexibility index (Phi) is 10.8. The number of hydrogen-bond donors (Lipinski definition) is 3. The topological polar surface area (TPSA) is 123 Å². The summed E-state index contributed by atoms with van der Waals surface area (Å²) in [5.74, 6) is 0.506. The summed E-state index contributed by atoms with van der Waals surface area (Å²) >= 11 is 38.8. The molecular weight excluding hydrogens is 813 g/mol. The number of nitrogens with one attached hydrogen (secondary N) is 2. The second-order valence-corrected chi connectivity index (χ2v) is 14.5. The van der Waals surface area contributed by atoms with Crippen LogP contribution >= 0.6 is 69.6 Å². The van der Waals surface area contributed by atoms with Crippen molar-refractivity contribution in [3.05, 3.63) is 161 Å². The van der Waals surface area contributed by atoms with Gasteiger partial charge in [-0.15, -0.1) is 0 Å². The van der Waals surface area contributed by atoms with Gasteiger partial charge in [-0.2, -0.15) is 10.2 Å². The van der Waals surface area contributed by atoms with E-state index < -0.39 is 11.9 Å². The standard InChI is InChI=1S/C38H26Cl6N8O2/c1-19-15-33(51(49-19)23-7-11-27(39)29(41)17-23)45-31-13-9-25(36(43)47-31)35(21-3-5-22(6-4-21)38(53)54)26-10-14-32(48-37(26)44)46-34-16-20(2)50-52(34)24-8-12-28(40)30(42)18-24/h3-18,35H,1-2H3,(H,45,47)(H,46,48)(H,53,54). The second-order valence-electron chi connectivity index (χ2n) is 12.1. The Morgan fingerprint density at radius 2 is 1.04 bits per heavy atom. The van der Waals surface area contributed by atoms with Gasteiger partial charge in [-0.1, -0.05) is 93.9 Å². The van der Waals surface area contributed by atoms with E-state index in [-0.39, 0.29) is 15.9 Å². The van der Waals surface area contributed by atoms with Gasteiger partial charge < -0.3 is 15.7 Å². The molecule has 10 nitrogen and oxygen atoms in total. The molecule has 0 aliphatic heterocycles. The van der Waals surface area contributed by atoms with E-state index in [1.54, 1.807) is 70.0 Å². The van der Waals surface area contributed by atoms with Crippen LogP contribution in [0.2, 0.25) is 30.4 Å². The summed E-state index contributed by atoms with van der Waals surface area (Å²) in [6.07, 6.45) is 0. The molecule has 272 valence electrons. The average Bonchev–Trinajstić information content (AvgIpc) is 3.69. The summed E-state index contributed by atoms with van der Waals surface area (Å²) in [5.41, 5.74) is 4.97. The molecule has 0 unspecified atom stereocenters. The number of nitrogens with zero attached hydrogens (tertiary/aromatic N) is 6. The zero-order valence-electron chi connectivity index (χ0n) is 28.1. The fraction of sp³-hybridized carbons (Fsp3) is 0.0789. The van der Waals surface area contributed by atoms with Crippen molar-refractivity contribution in [2.75, 3.05) is 10.6 Å². The first-order valence-electron chi connectivity index (χ1n) is 16.1. The molecule has 0 aliphatic rings. The summed E-state index contributed by atoms with van der Waals surface area (Å²) < 4.78 is 3.38. The molecule has 16 heteroatoms. The van der Waals surface area contributed by atoms with Gasteiger partial charge in [-0.3, -0.25) is 0 Å². The van der Waals surface area contributed by atoms with Gasteiger partial charge in [-0.05, 0) is 80.1 Å². The zero-order valence-corrected chi connectivity index (χ0v) is 32.7. The van der Waals surface area contributed by atoms with Gasteiger partial charge in [0.05, 0.1) is 48.4 Å². The van der Waals surface area contributed by atoms with Crippen LogP contribution in [0.4, 0.5) is 23.3 Å². The number of carbonyl (C=O) groups is 1. The minimum atomic E-state index is -1.05. The maximum absolute atomic E-state index is 11.7. The lowest BCUT2D eigenvalue weighted by atomic mass is 9.86. The predicted octanol–water partition coefficient (Wildman–Crippen LogP) is 11.8. The highest BCUT2D eigenvalue weighted by Crippen LogP contribution is 2.40. The third-order valence-electron chi connectivity index (χ3n) is 8.34. The van der Waals surface area contributed by atoms with E-state index >= 15 is 0 Å². The van der Waals surface area contributed by atoms with Gasteiger partial charge in [0.2, 0.25) is 0 Å². The van der Waals surface area contributed by atoms with Crippen molar-refractivity contribution in [3.8, 4) is 11.4 Å². The van der Waals surface area contributed by atoms with Crippen LogP contribution < -0.4 is 10.6 Å². The molecule has 7 rings (SSSR count). The minimum Gasteiger partial charge on any atom is -0.478 e. The number of aromatic carboxylic acids is 1. The summed E-state index contributed by atoms with van der Waals surface area (Å²) in [6, 6.07) is 27.9. The zero-order chi connectivity index (χ0) is 38.3. The molecule has 0 amide bonds. The fourth-order valence-electron chi connectivity index (χ4n) is 5.87. The van der Waals surface area contributed by atoms with E-state index in [1.165, 1.54) is 12.1 Å². The molecule has 0 spiro atoms. The highest BCUT2D eigenvalue weighted by molar-refractivity contribution is 6.42. The number of aryl methyl sites for hydroxylation is 2. The quantitative estimate of drug-likeness (QED) is 0.116. The van der Waals surface area contributed by atoms with Crippen molar-refractivity contribution < 1.29 is 9.90 Å². The second kappa shape index (κ2) is 15.5. The maximum atomic E-state index is 11.7. The molecule has 0 saturated carbocycles. The van der Waals surface area contributed by atoms with E-state index in [2.05, 4.69) is 30.8 Å². The highest BCUT2D eigenvalue weighted by atomic mass is 35.5. The van der Waals surface area contributed by atoms with E-state index in [0.717, 1.165) is 17.0 Å². The summed E-state index contributed by atoms with van der Waals surface area (Å²) in [5, 5.41) is 27.4. The first kappa shape index (κ1) is 37.5. The summed E-state index contributed by atoms with van der Waals surface area (Å²) in [7, 11) is 0. The van der Waals surface area contributed by atoms with Crippen LogP contribution in [0.1, 0.15) is 44.4 Å². The van der Waals surface area contributed by atoms with Gasteiger partial charge in [0, 0.05) is 29.2 Å². The van der Waals surface area contributed by atoms with Crippen LogP contribution in [-0.2, 0) is 0 Å². The molecule has 0 bridgehead atoms. The van der Waals surface area contributed by atoms with E-state index in [0.29, 0.717) is 65.9 Å². The normalized spacial score (nSPS) is 11.3. The van der Waals surface area contributed by atoms with Gasteiger partial charge in [0.1, 0.15) is 33.6 Å². The lowest BCUT2D eigenvalue weighted by Crippen LogP contribution is -2.10. The van der Waals surface area contributed by atoms with E-state index in [4.69, 9.17) is 69.6 Å². The van der Waals surface area contributed by atoms with Crippen LogP contribution in [0.5, 0.6) is 0 Å². The number of benzene rings is 3. The molecular formula is C38H26Cl6N8O2. The molecule has 3 aromatic carbocycles. The number of hydrogen-bond acceptors (Lipinski definition) is 7. The number of halogens is 6. The van der Waals surface area contributed by atoms with Crippen LogP contribution in [0.25, 0.3) is 11.4 Å². The highest BCUT2D eigenvalue weighted by Gasteiger charge is 2.25. The number of pyridine rings is 2. The Labute approximate surface area is 339 Å². The molecule has 0 saturated heterocycles. The van der Waals surface area contributed by atoms with Crippen molar-refractivity contribution in [1.29, 1.82) is 0 Å². The Bertz CT molecular complexity index is 2410. The van der Waals surface area contributed by atoms with Crippen molar-refractivity contribution in [1.82, 2.24) is 29.5 Å². The molecule has 7 aromatic rings. The van der Waals surface area contributed by atoms with E-state index in [1.807, 2.05) is 38.1 Å². The Morgan fingerprint density at radius 3 is 1.43 bits per heavy atom. The fourth-order valence-corrected chi connectivity index (χ4v) is 6.98. The number of aromatic nitrogens is 6. The average molecular weight is 839 g/mol. The van der Waals surface area contributed by atoms with Crippen LogP contribution in [0, 0.1) is 13.8 Å². The van der Waals surface area contributed by atoms with Crippen molar-refractivity contribution >= 4 is 98.8 Å². The smallest absolute Gasteiger partial charge is 0.335 e. The Balaban J connectivity index is 1.23. The van der Waals surface area contributed by atoms with Gasteiger partial charge in [0.25, 0.3) is 0 Å². The Hall–Kier alpha value is -4.81. The largest absolute Gasteiger partial charge is 0.478 e. The molecule has 0 aliphatic carbocycles. The number of carboxylic acid groups (broad SMARTS) is 1. The SMILES string of the molecule is Cc1cc(Nc2ccc(C(c3ccc(C(=O)O)cc3)c3ccc(Nc4cc(C)nn4-c4ccc(Cl)c(Cl)c4)nc3Cl)c(Cl)n2)n(-c2ccc(Cl)c(Cl)c2)n1. The third kappa shape index (κ3) is 7.86. The predicted molar refractivity (Wildman–Crippen MR) is 216 cm³/mol. The monoisotopic (exact) mass is 836 g/mol. The number of carboxylic acids is 1. The third-order valence-corrected chi connectivity index (χ3v) is 10.4. The maximum Gasteiger partial charge on any atom is 0.335 e. The van der Waals surface area contributed by atoms with Crippen LogP contribution in [0.3, 0.4) is 0 Å². The first-order valence-corrected chi connectivity index (χ1v) is 18.4. The minimum absolute atomic E-state index is 0.132. The molecule has 4 aromatic heterocycles. The number of anilines is 4. The van der Waals surface area contributed by atoms with Crippen molar-refractivity contribution in [3.63, 3.8) is 0 Å².